The van der Waals surface area contributed by atoms with E-state index in [1.54, 1.807) is 35.9 Å². The molecule has 5 nitrogen and oxygen atoms in total. The predicted molar refractivity (Wildman–Crippen MR) is 97.1 cm³/mol. The van der Waals surface area contributed by atoms with E-state index < -0.39 is 5.91 Å². The highest BCUT2D eigenvalue weighted by atomic mass is 19.1. The molecule has 1 aromatic carbocycles. The molecule has 3 aromatic heterocycles. The lowest BCUT2D eigenvalue weighted by Gasteiger charge is -2.11. The van der Waals surface area contributed by atoms with Gasteiger partial charge in [0, 0.05) is 29.1 Å². The van der Waals surface area contributed by atoms with Crippen LogP contribution >= 0.6 is 0 Å². The van der Waals surface area contributed by atoms with E-state index in [4.69, 9.17) is 5.73 Å². The number of hydrogen-bond acceptors (Lipinski definition) is 3. The molecule has 26 heavy (non-hydrogen) atoms. The van der Waals surface area contributed by atoms with Crippen molar-refractivity contribution in [3.63, 3.8) is 0 Å². The number of primary amides is 1. The van der Waals surface area contributed by atoms with Crippen molar-refractivity contribution in [2.45, 2.75) is 6.92 Å². The Labute approximate surface area is 148 Å². The Morgan fingerprint density at radius 2 is 1.92 bits per heavy atom. The number of carbonyl (C=O) groups is 1. The van der Waals surface area contributed by atoms with Crippen molar-refractivity contribution in [3.05, 3.63) is 78.1 Å². The van der Waals surface area contributed by atoms with Gasteiger partial charge in [-0.1, -0.05) is 6.07 Å². The molecule has 0 aliphatic heterocycles. The molecule has 0 bridgehead atoms. The van der Waals surface area contributed by atoms with Crippen LogP contribution in [0.25, 0.3) is 28.0 Å². The van der Waals surface area contributed by atoms with Gasteiger partial charge < -0.3 is 5.73 Å². The summed E-state index contributed by atoms with van der Waals surface area (Å²) in [6.07, 6.45) is 4.95. The first-order valence-electron chi connectivity index (χ1n) is 8.03. The van der Waals surface area contributed by atoms with Gasteiger partial charge in [-0.3, -0.25) is 14.2 Å². The molecular weight excluding hydrogens is 331 g/mol. The van der Waals surface area contributed by atoms with Crippen molar-refractivity contribution < 1.29 is 9.18 Å². The van der Waals surface area contributed by atoms with Crippen LogP contribution in [0.5, 0.6) is 0 Å². The quantitative estimate of drug-likeness (QED) is 0.616. The third kappa shape index (κ3) is 2.61. The number of hydrogen-bond donors (Lipinski definition) is 1. The summed E-state index contributed by atoms with van der Waals surface area (Å²) in [6.45, 7) is 1.72. The lowest BCUT2D eigenvalue weighted by atomic mass is 9.99. The molecule has 0 aliphatic carbocycles. The lowest BCUT2D eigenvalue weighted by Crippen LogP contribution is -2.13. The number of fused-ring (bicyclic) bond motifs is 1. The first-order valence-corrected chi connectivity index (χ1v) is 8.03. The van der Waals surface area contributed by atoms with Crippen LogP contribution in [0.15, 0.2) is 61.1 Å². The molecule has 6 heteroatoms. The molecule has 0 spiro atoms. The van der Waals surface area contributed by atoms with Gasteiger partial charge in [-0.05, 0) is 48.9 Å². The van der Waals surface area contributed by atoms with Gasteiger partial charge >= 0.3 is 0 Å². The summed E-state index contributed by atoms with van der Waals surface area (Å²) < 4.78 is 15.3. The van der Waals surface area contributed by atoms with Crippen LogP contribution in [0.1, 0.15) is 16.1 Å². The highest BCUT2D eigenvalue weighted by molar-refractivity contribution is 5.92. The molecule has 4 aromatic rings. The fourth-order valence-electron chi connectivity index (χ4n) is 2.98. The predicted octanol–water partition coefficient (Wildman–Crippen LogP) is 3.61. The summed E-state index contributed by atoms with van der Waals surface area (Å²) in [5.74, 6) is -0.799. The van der Waals surface area contributed by atoms with E-state index in [1.165, 1.54) is 12.3 Å². The fourth-order valence-corrected chi connectivity index (χ4v) is 2.98. The molecule has 0 saturated carbocycles. The molecule has 0 fully saturated rings. The van der Waals surface area contributed by atoms with Crippen LogP contribution in [0, 0.1) is 12.7 Å². The largest absolute Gasteiger partial charge is 0.364 e. The summed E-state index contributed by atoms with van der Waals surface area (Å²) >= 11 is 0. The minimum atomic E-state index is -0.546. The van der Waals surface area contributed by atoms with Crippen molar-refractivity contribution >= 4 is 11.6 Å². The Kier molecular flexibility index (Phi) is 3.73. The number of carbonyl (C=O) groups excluding carboxylic acids is 1. The zero-order chi connectivity index (χ0) is 18.3. The smallest absolute Gasteiger partial charge is 0.267 e. The molecule has 0 saturated heterocycles. The van der Waals surface area contributed by atoms with Crippen molar-refractivity contribution in [3.8, 4) is 22.4 Å². The minimum Gasteiger partial charge on any atom is -0.364 e. The van der Waals surface area contributed by atoms with Gasteiger partial charge in [0.1, 0.15) is 17.2 Å². The Morgan fingerprint density at radius 1 is 1.12 bits per heavy atom. The van der Waals surface area contributed by atoms with Crippen LogP contribution in [-0.2, 0) is 0 Å². The van der Waals surface area contributed by atoms with Gasteiger partial charge in [0.05, 0.1) is 11.9 Å². The van der Waals surface area contributed by atoms with Crippen molar-refractivity contribution in [2.75, 3.05) is 0 Å². The van der Waals surface area contributed by atoms with E-state index in [1.807, 2.05) is 24.3 Å². The van der Waals surface area contributed by atoms with Gasteiger partial charge in [-0.15, -0.1) is 0 Å². The number of nitrogens with zero attached hydrogens (tertiary/aromatic N) is 3. The normalized spacial score (nSPS) is 11.0. The molecule has 0 aliphatic rings. The number of imidazole rings is 1. The highest BCUT2D eigenvalue weighted by Gasteiger charge is 2.13. The fraction of sp³-hybridized carbons (Fsp3) is 0.0500. The van der Waals surface area contributed by atoms with E-state index >= 15 is 0 Å². The van der Waals surface area contributed by atoms with Crippen molar-refractivity contribution in [2.24, 2.45) is 5.73 Å². The number of aromatic nitrogens is 3. The average molecular weight is 346 g/mol. The van der Waals surface area contributed by atoms with Gasteiger partial charge in [-0.2, -0.15) is 0 Å². The van der Waals surface area contributed by atoms with E-state index in [-0.39, 0.29) is 5.82 Å². The second-order valence-electron chi connectivity index (χ2n) is 6.02. The number of aryl methyl sites for hydroxylation is 1. The summed E-state index contributed by atoms with van der Waals surface area (Å²) in [7, 11) is 0. The van der Waals surface area contributed by atoms with Gasteiger partial charge in [-0.25, -0.2) is 9.37 Å². The molecule has 0 unspecified atom stereocenters. The number of rotatable bonds is 3. The third-order valence-electron chi connectivity index (χ3n) is 4.31. The molecular formula is C20H15FN4O. The standard InChI is InChI=1S/C20H15FN4O/c1-12-9-13(4-6-16(12)21)19-15(3-2-8-23-19)14-5-7-18-24-10-17(20(22)26)25(18)11-14/h2-11H,1H3,(H2,22,26). The van der Waals surface area contributed by atoms with Crippen molar-refractivity contribution in [1.29, 1.82) is 0 Å². The van der Waals surface area contributed by atoms with Crippen LogP contribution in [-0.4, -0.2) is 20.3 Å². The first-order chi connectivity index (χ1) is 12.5. The minimum absolute atomic E-state index is 0.253. The van der Waals surface area contributed by atoms with E-state index in [0.29, 0.717) is 16.9 Å². The summed E-state index contributed by atoms with van der Waals surface area (Å²) in [5.41, 5.74) is 10.2. The van der Waals surface area contributed by atoms with E-state index in [0.717, 1.165) is 22.4 Å². The van der Waals surface area contributed by atoms with Crippen LogP contribution in [0.3, 0.4) is 0 Å². The van der Waals surface area contributed by atoms with E-state index in [2.05, 4.69) is 9.97 Å². The molecule has 2 N–H and O–H groups in total. The van der Waals surface area contributed by atoms with Gasteiger partial charge in [0.25, 0.3) is 5.91 Å². The van der Waals surface area contributed by atoms with Crippen LogP contribution in [0.2, 0.25) is 0 Å². The Morgan fingerprint density at radius 3 is 2.69 bits per heavy atom. The maximum atomic E-state index is 13.6. The number of amides is 1. The first kappa shape index (κ1) is 16.0. The average Bonchev–Trinajstić information content (AvgIpc) is 3.07. The molecule has 0 radical (unpaired) electrons. The summed E-state index contributed by atoms with van der Waals surface area (Å²) in [6, 6.07) is 12.4. The number of pyridine rings is 2. The van der Waals surface area contributed by atoms with Gasteiger partial charge in [0.15, 0.2) is 0 Å². The zero-order valence-electron chi connectivity index (χ0n) is 14.0. The van der Waals surface area contributed by atoms with Gasteiger partial charge in [0.2, 0.25) is 0 Å². The van der Waals surface area contributed by atoms with Crippen molar-refractivity contribution in [1.82, 2.24) is 14.4 Å². The SMILES string of the molecule is Cc1cc(-c2ncccc2-c2ccc3ncc(C(N)=O)n3c2)ccc1F. The summed E-state index contributed by atoms with van der Waals surface area (Å²) in [4.78, 5) is 20.3. The number of benzene rings is 1. The molecule has 0 atom stereocenters. The third-order valence-corrected chi connectivity index (χ3v) is 4.31. The summed E-state index contributed by atoms with van der Waals surface area (Å²) in [5, 5.41) is 0. The second kappa shape index (κ2) is 6.07. The molecule has 1 amide bonds. The highest BCUT2D eigenvalue weighted by Crippen LogP contribution is 2.31. The molecule has 4 rings (SSSR count). The molecule has 3 heterocycles. The molecule has 128 valence electrons. The lowest BCUT2D eigenvalue weighted by molar-refractivity contribution is 0.0995. The number of nitrogens with two attached hydrogens (primary N) is 1. The van der Waals surface area contributed by atoms with Crippen LogP contribution in [0.4, 0.5) is 4.39 Å². The monoisotopic (exact) mass is 346 g/mol. The maximum absolute atomic E-state index is 13.6. The number of halogens is 1. The topological polar surface area (TPSA) is 73.3 Å². The zero-order valence-corrected chi connectivity index (χ0v) is 14.0. The van der Waals surface area contributed by atoms with E-state index in [9.17, 15) is 9.18 Å². The Balaban J connectivity index is 1.91. The Bertz CT molecular complexity index is 1150. The Hall–Kier alpha value is -3.54. The maximum Gasteiger partial charge on any atom is 0.267 e. The van der Waals surface area contributed by atoms with Crippen LogP contribution < -0.4 is 5.73 Å². The second-order valence-corrected chi connectivity index (χ2v) is 6.02.